The standard InChI is InChI=1S/2C10H15N2S4.2Hg/c2*1-3-11(9(13)14)6-5-8-7-12(4-2)10(15)16-8;;/h2*6,8H,3-4,7H2,1-2H3,(H,13,14);;/q;;2*+1/p-2. The molecule has 3 aliphatic rings. The number of thiocarbonyl (C=S) groups is 4. The molecule has 0 N–H and O–H groups in total. The van der Waals surface area contributed by atoms with Crippen molar-refractivity contribution in [3.63, 3.8) is 0 Å². The summed E-state index contributed by atoms with van der Waals surface area (Å²) in [6, 6.07) is 0. The molecule has 2 unspecified atom stereocenters. The van der Waals surface area contributed by atoms with Crippen LogP contribution >= 0.6 is 88.9 Å². The summed E-state index contributed by atoms with van der Waals surface area (Å²) >= 11 is 23.9. The van der Waals surface area contributed by atoms with Gasteiger partial charge in [0.25, 0.3) is 0 Å². The van der Waals surface area contributed by atoms with Gasteiger partial charge in [0.15, 0.2) is 0 Å². The third kappa shape index (κ3) is 8.16. The fourth-order valence-corrected chi connectivity index (χ4v) is 37.2. The molecule has 0 amide bonds. The van der Waals surface area contributed by atoms with Crippen LogP contribution in [-0.2, 0) is 46.1 Å². The molecule has 0 aromatic rings. The molecule has 3 aliphatic heterocycles. The van der Waals surface area contributed by atoms with E-state index in [4.69, 9.17) is 48.9 Å². The normalized spacial score (nSPS) is 24.6. The van der Waals surface area contributed by atoms with Crippen LogP contribution in [0.15, 0.2) is 18.6 Å². The van der Waals surface area contributed by atoms with E-state index in [-0.39, 0.29) is 0 Å². The van der Waals surface area contributed by atoms with E-state index in [1.165, 1.54) is 0 Å². The Morgan fingerprint density at radius 2 is 1.06 bits per heavy atom. The van der Waals surface area contributed by atoms with Crippen LogP contribution in [0.5, 0.6) is 0 Å². The second-order valence-electron chi connectivity index (χ2n) is 7.91. The van der Waals surface area contributed by atoms with E-state index >= 15 is 0 Å². The molecule has 3 rings (SSSR count). The van der Waals surface area contributed by atoms with Crippen molar-refractivity contribution in [3.05, 3.63) is 18.6 Å². The molecule has 2 fully saturated rings. The fourth-order valence-electron chi connectivity index (χ4n) is 3.75. The van der Waals surface area contributed by atoms with Gasteiger partial charge in [-0.3, -0.25) is 0 Å². The van der Waals surface area contributed by atoms with Gasteiger partial charge in [-0.15, -0.1) is 0 Å². The molecule has 34 heavy (non-hydrogen) atoms. The average Bonchev–Trinajstić information content (AvgIpc) is 3.39. The van der Waals surface area contributed by atoms with Gasteiger partial charge in [-0.25, -0.2) is 0 Å². The maximum absolute atomic E-state index is 6.00. The molecule has 3 heterocycles. The Bertz CT molecular complexity index is 813. The van der Waals surface area contributed by atoms with Crippen molar-refractivity contribution in [1.82, 2.24) is 19.6 Å². The van der Waals surface area contributed by atoms with Crippen LogP contribution in [0.4, 0.5) is 0 Å². The molecule has 180 valence electrons. The molecule has 0 aliphatic carbocycles. The topological polar surface area (TPSA) is 13.0 Å². The monoisotopic (exact) mass is 984 g/mol. The Morgan fingerprint density at radius 3 is 1.35 bits per heavy atom. The first-order valence-electron chi connectivity index (χ1n) is 11.5. The Balaban J connectivity index is 1.86. The van der Waals surface area contributed by atoms with Gasteiger partial charge in [0, 0.05) is 0 Å². The Hall–Kier alpha value is 2.31. The first-order valence-corrected chi connectivity index (χ1v) is 35.8. The van der Waals surface area contributed by atoms with Crippen molar-refractivity contribution < 1.29 is 46.1 Å². The van der Waals surface area contributed by atoms with E-state index < -0.39 is 46.1 Å². The summed E-state index contributed by atoms with van der Waals surface area (Å²) in [5, 5.41) is 0.909. The zero-order valence-corrected chi connectivity index (χ0v) is 37.5. The van der Waals surface area contributed by atoms with Gasteiger partial charge in [-0.2, -0.15) is 0 Å². The van der Waals surface area contributed by atoms with Crippen LogP contribution < -0.4 is 0 Å². The van der Waals surface area contributed by atoms with E-state index in [1.807, 2.05) is 40.0 Å². The molecule has 2 saturated heterocycles. The number of hydrogen-bond donors (Lipinski definition) is 0. The van der Waals surface area contributed by atoms with E-state index in [0.717, 1.165) is 56.6 Å². The van der Waals surface area contributed by atoms with Crippen molar-refractivity contribution >= 4 is 106 Å². The summed E-state index contributed by atoms with van der Waals surface area (Å²) in [5.74, 6) is 0. The second-order valence-corrected chi connectivity index (χ2v) is 34.6. The number of nitrogens with zero attached hydrogens (tertiary/aromatic N) is 4. The average molecular weight is 982 g/mol. The zero-order chi connectivity index (χ0) is 24.8. The second kappa shape index (κ2) is 15.2. The molecular weight excluding hydrogens is 954 g/mol. The minimum absolute atomic E-state index is 0.455. The van der Waals surface area contributed by atoms with Crippen molar-refractivity contribution in [1.29, 1.82) is 0 Å². The third-order valence-corrected chi connectivity index (χ3v) is 42.4. The summed E-state index contributed by atoms with van der Waals surface area (Å²) in [7, 11) is 3.98. The van der Waals surface area contributed by atoms with Crippen molar-refractivity contribution in [2.75, 3.05) is 39.3 Å². The van der Waals surface area contributed by atoms with Crippen LogP contribution in [0.3, 0.4) is 0 Å². The van der Waals surface area contributed by atoms with Gasteiger partial charge in [-0.05, 0) is 0 Å². The van der Waals surface area contributed by atoms with Gasteiger partial charge in [0.1, 0.15) is 0 Å². The van der Waals surface area contributed by atoms with Crippen LogP contribution in [0, 0.1) is 0 Å². The summed E-state index contributed by atoms with van der Waals surface area (Å²) in [4.78, 5) is 9.32. The molecule has 0 saturated carbocycles. The SMILES string of the molecule is CCN1C=[C](C2CN(CC)C(=S)S2)[Hg][S]C(=S)N(CC)C=[C](C2CN(CC)C(=S)S2)[Hg][S]C1=S. The predicted octanol–water partition coefficient (Wildman–Crippen LogP) is 5.80. The van der Waals surface area contributed by atoms with Gasteiger partial charge < -0.3 is 0 Å². The number of thioether (sulfide) groups is 2. The van der Waals surface area contributed by atoms with Crippen LogP contribution in [0.1, 0.15) is 27.7 Å². The Labute approximate surface area is 264 Å². The fraction of sp³-hybridized carbons (Fsp3) is 0.600. The number of hydrogen-bond acceptors (Lipinski definition) is 8. The first-order chi connectivity index (χ1) is 16.3. The molecule has 0 spiro atoms. The number of rotatable bonds is 6. The van der Waals surface area contributed by atoms with Crippen molar-refractivity contribution in [3.8, 4) is 0 Å². The Morgan fingerprint density at radius 1 is 0.676 bits per heavy atom. The molecule has 14 heteroatoms. The van der Waals surface area contributed by atoms with Gasteiger partial charge in [0.05, 0.1) is 0 Å². The van der Waals surface area contributed by atoms with Crippen molar-refractivity contribution in [2.24, 2.45) is 0 Å². The van der Waals surface area contributed by atoms with E-state index in [9.17, 15) is 0 Å². The van der Waals surface area contributed by atoms with E-state index in [1.54, 1.807) is 6.16 Å². The van der Waals surface area contributed by atoms with Gasteiger partial charge >= 0.3 is 268 Å². The maximum atomic E-state index is 6.00. The van der Waals surface area contributed by atoms with Crippen LogP contribution in [0.2, 0.25) is 0 Å². The molecule has 0 radical (unpaired) electrons. The minimum atomic E-state index is -1.57. The predicted molar refractivity (Wildman–Crippen MR) is 164 cm³/mol. The Kier molecular flexibility index (Phi) is 13.8. The summed E-state index contributed by atoms with van der Waals surface area (Å²) in [6.07, 6.45) is 4.80. The van der Waals surface area contributed by atoms with Gasteiger partial charge in [0.2, 0.25) is 0 Å². The van der Waals surface area contributed by atoms with E-state index in [2.05, 4.69) is 59.7 Å². The molecular formula is C20H28Hg2N4S8. The summed E-state index contributed by atoms with van der Waals surface area (Å²) in [6.45, 7) is 14.6. The quantitative estimate of drug-likeness (QED) is 0.236. The summed E-state index contributed by atoms with van der Waals surface area (Å²) in [5.41, 5.74) is 0. The third-order valence-electron chi connectivity index (χ3n) is 5.88. The first kappa shape index (κ1) is 30.8. The molecule has 4 nitrogen and oxygen atoms in total. The molecule has 0 bridgehead atoms. The zero-order valence-electron chi connectivity index (χ0n) is 20.0. The van der Waals surface area contributed by atoms with Gasteiger partial charge in [-0.1, -0.05) is 0 Å². The van der Waals surface area contributed by atoms with Crippen LogP contribution in [0.25, 0.3) is 0 Å². The van der Waals surface area contributed by atoms with Crippen LogP contribution in [-0.4, -0.2) is 86.7 Å². The summed E-state index contributed by atoms with van der Waals surface area (Å²) < 4.78 is 7.35. The molecule has 2 atom stereocenters. The molecule has 0 aromatic carbocycles. The van der Waals surface area contributed by atoms with Crippen molar-refractivity contribution in [2.45, 2.75) is 38.2 Å². The van der Waals surface area contributed by atoms with E-state index in [0.29, 0.717) is 10.5 Å². The molecule has 0 aromatic heterocycles.